The number of benzene rings is 1. The van der Waals surface area contributed by atoms with Gasteiger partial charge in [-0.05, 0) is 5.56 Å². The minimum Gasteiger partial charge on any atom is -0.367 e. The van der Waals surface area contributed by atoms with Crippen molar-refractivity contribution in [2.75, 3.05) is 13.2 Å². The van der Waals surface area contributed by atoms with Crippen molar-refractivity contribution in [3.8, 4) is 11.8 Å². The van der Waals surface area contributed by atoms with E-state index < -0.39 is 0 Å². The Morgan fingerprint density at radius 1 is 1.29 bits per heavy atom. The molecule has 0 radical (unpaired) electrons. The predicted molar refractivity (Wildman–Crippen MR) is 67.2 cm³/mol. The van der Waals surface area contributed by atoms with Crippen LogP contribution in [-0.4, -0.2) is 19.1 Å². The Labute approximate surface area is 102 Å². The molecule has 0 aliphatic rings. The van der Waals surface area contributed by atoms with Gasteiger partial charge in [0.1, 0.15) is 6.61 Å². The van der Waals surface area contributed by atoms with E-state index in [1.807, 2.05) is 37.3 Å². The average molecular weight is 231 g/mol. The van der Waals surface area contributed by atoms with E-state index in [0.29, 0.717) is 13.2 Å². The largest absolute Gasteiger partial charge is 0.367 e. The lowest BCUT2D eigenvalue weighted by molar-refractivity contribution is -0.125. The van der Waals surface area contributed by atoms with Crippen molar-refractivity contribution in [1.82, 2.24) is 5.32 Å². The predicted octanol–water partition coefficient (Wildman–Crippen LogP) is 1.73. The fourth-order valence-electron chi connectivity index (χ4n) is 1.22. The molecule has 0 unspecified atom stereocenters. The lowest BCUT2D eigenvalue weighted by atomic mass is 10.2. The van der Waals surface area contributed by atoms with Crippen LogP contribution in [0, 0.1) is 11.8 Å². The molecule has 0 atom stereocenters. The van der Waals surface area contributed by atoms with Crippen LogP contribution in [0.4, 0.5) is 0 Å². The minimum atomic E-state index is -0.133. The molecule has 0 aliphatic carbocycles. The summed E-state index contributed by atoms with van der Waals surface area (Å²) in [7, 11) is 0. The summed E-state index contributed by atoms with van der Waals surface area (Å²) < 4.78 is 5.28. The van der Waals surface area contributed by atoms with Crippen molar-refractivity contribution in [3.05, 3.63) is 35.9 Å². The van der Waals surface area contributed by atoms with Gasteiger partial charge in [-0.15, -0.1) is 5.92 Å². The molecule has 1 amide bonds. The molecule has 0 aromatic heterocycles. The Bertz CT molecular complexity index is 390. The first-order valence-electron chi connectivity index (χ1n) is 5.67. The maximum Gasteiger partial charge on any atom is 0.246 e. The molecule has 3 nitrogen and oxygen atoms in total. The fraction of sp³-hybridized carbons (Fsp3) is 0.357. The van der Waals surface area contributed by atoms with Crippen molar-refractivity contribution in [2.24, 2.45) is 0 Å². The van der Waals surface area contributed by atoms with Gasteiger partial charge in [0.2, 0.25) is 5.91 Å². The molecular formula is C14H17NO2. The number of hydrogen-bond donors (Lipinski definition) is 1. The fourth-order valence-corrected chi connectivity index (χ4v) is 1.22. The Kier molecular flexibility index (Phi) is 6.54. The van der Waals surface area contributed by atoms with E-state index in [4.69, 9.17) is 4.74 Å². The first-order valence-corrected chi connectivity index (χ1v) is 5.67. The van der Waals surface area contributed by atoms with E-state index in [0.717, 1.165) is 12.0 Å². The van der Waals surface area contributed by atoms with Crippen LogP contribution in [0.5, 0.6) is 0 Å². The van der Waals surface area contributed by atoms with Crippen LogP contribution >= 0.6 is 0 Å². The zero-order valence-electron chi connectivity index (χ0n) is 10.0. The monoisotopic (exact) mass is 231 g/mol. The van der Waals surface area contributed by atoms with Crippen LogP contribution in [0.15, 0.2) is 30.3 Å². The number of hydrogen-bond acceptors (Lipinski definition) is 2. The van der Waals surface area contributed by atoms with Crippen molar-refractivity contribution in [3.63, 3.8) is 0 Å². The number of rotatable bonds is 5. The lowest BCUT2D eigenvalue weighted by Gasteiger charge is -2.03. The van der Waals surface area contributed by atoms with Crippen LogP contribution in [-0.2, 0) is 16.1 Å². The Hall–Kier alpha value is -1.79. The highest BCUT2D eigenvalue weighted by Crippen LogP contribution is 1.99. The maximum atomic E-state index is 11.3. The van der Waals surface area contributed by atoms with Gasteiger partial charge in [-0.1, -0.05) is 43.2 Å². The third-order valence-corrected chi connectivity index (χ3v) is 2.02. The van der Waals surface area contributed by atoms with Crippen molar-refractivity contribution < 1.29 is 9.53 Å². The molecule has 0 saturated heterocycles. The highest BCUT2D eigenvalue weighted by molar-refractivity contribution is 5.77. The smallest absolute Gasteiger partial charge is 0.246 e. The summed E-state index contributed by atoms with van der Waals surface area (Å²) in [5.41, 5.74) is 1.06. The first kappa shape index (κ1) is 13.3. The zero-order chi connectivity index (χ0) is 12.3. The summed E-state index contributed by atoms with van der Waals surface area (Å²) in [5, 5.41) is 2.67. The standard InChI is InChI=1S/C14H17NO2/c1-2-3-7-10-15-14(16)12-17-11-13-8-5-4-6-9-13/h4-6,8-9H,2,10-12H2,1H3,(H,15,16). The van der Waals surface area contributed by atoms with Gasteiger partial charge in [-0.25, -0.2) is 0 Å². The molecule has 0 spiro atoms. The van der Waals surface area contributed by atoms with Gasteiger partial charge in [0.05, 0.1) is 13.2 Å². The molecule has 0 aliphatic heterocycles. The maximum absolute atomic E-state index is 11.3. The number of carbonyl (C=O) groups excluding carboxylic acids is 1. The van der Waals surface area contributed by atoms with E-state index >= 15 is 0 Å². The SMILES string of the molecule is CCC#CCNC(=O)COCc1ccccc1. The molecule has 17 heavy (non-hydrogen) atoms. The van der Waals surface area contributed by atoms with E-state index in [1.54, 1.807) is 0 Å². The second-order valence-corrected chi connectivity index (χ2v) is 3.46. The van der Waals surface area contributed by atoms with E-state index in [-0.39, 0.29) is 12.5 Å². The van der Waals surface area contributed by atoms with E-state index in [9.17, 15) is 4.79 Å². The summed E-state index contributed by atoms with van der Waals surface area (Å²) in [6.07, 6.45) is 0.806. The molecule has 1 aromatic rings. The summed E-state index contributed by atoms with van der Waals surface area (Å²) in [4.78, 5) is 11.3. The Morgan fingerprint density at radius 2 is 2.06 bits per heavy atom. The summed E-state index contributed by atoms with van der Waals surface area (Å²) in [5.74, 6) is 5.58. The van der Waals surface area contributed by atoms with Gasteiger partial charge >= 0.3 is 0 Å². The second kappa shape index (κ2) is 8.37. The molecule has 1 rings (SSSR count). The molecule has 0 heterocycles. The second-order valence-electron chi connectivity index (χ2n) is 3.46. The van der Waals surface area contributed by atoms with Gasteiger partial charge < -0.3 is 10.1 Å². The van der Waals surface area contributed by atoms with Gasteiger partial charge in [0, 0.05) is 6.42 Å². The molecule has 90 valence electrons. The van der Waals surface area contributed by atoms with E-state index in [1.165, 1.54) is 0 Å². The molecule has 1 N–H and O–H groups in total. The normalized spacial score (nSPS) is 9.24. The first-order chi connectivity index (χ1) is 8.33. The Balaban J connectivity index is 2.12. The van der Waals surface area contributed by atoms with Gasteiger partial charge in [-0.2, -0.15) is 0 Å². The summed E-state index contributed by atoms with van der Waals surface area (Å²) >= 11 is 0. The molecule has 0 saturated carbocycles. The van der Waals surface area contributed by atoms with Crippen molar-refractivity contribution in [2.45, 2.75) is 20.0 Å². The minimum absolute atomic E-state index is 0.0721. The molecule has 0 fully saturated rings. The van der Waals surface area contributed by atoms with Crippen molar-refractivity contribution in [1.29, 1.82) is 0 Å². The average Bonchev–Trinajstić information content (AvgIpc) is 2.36. The third kappa shape index (κ3) is 6.39. The van der Waals surface area contributed by atoms with Crippen LogP contribution in [0.3, 0.4) is 0 Å². The summed E-state index contributed by atoms with van der Waals surface area (Å²) in [6.45, 7) is 2.89. The van der Waals surface area contributed by atoms with Gasteiger partial charge in [0.15, 0.2) is 0 Å². The van der Waals surface area contributed by atoms with Crippen LogP contribution in [0.2, 0.25) is 0 Å². The number of carbonyl (C=O) groups is 1. The van der Waals surface area contributed by atoms with Crippen molar-refractivity contribution >= 4 is 5.91 Å². The van der Waals surface area contributed by atoms with Gasteiger partial charge in [0.25, 0.3) is 0 Å². The number of ether oxygens (including phenoxy) is 1. The molecule has 3 heteroatoms. The Morgan fingerprint density at radius 3 is 2.76 bits per heavy atom. The highest BCUT2D eigenvalue weighted by Gasteiger charge is 1.99. The topological polar surface area (TPSA) is 38.3 Å². The van der Waals surface area contributed by atoms with Crippen LogP contribution < -0.4 is 5.32 Å². The number of nitrogens with one attached hydrogen (secondary N) is 1. The molecule has 0 bridgehead atoms. The molecule has 1 aromatic carbocycles. The van der Waals surface area contributed by atoms with Gasteiger partial charge in [-0.3, -0.25) is 4.79 Å². The third-order valence-electron chi connectivity index (χ3n) is 2.02. The van der Waals surface area contributed by atoms with E-state index in [2.05, 4.69) is 17.2 Å². The zero-order valence-corrected chi connectivity index (χ0v) is 10.0. The molecular weight excluding hydrogens is 214 g/mol. The highest BCUT2D eigenvalue weighted by atomic mass is 16.5. The van der Waals surface area contributed by atoms with Crippen LogP contribution in [0.1, 0.15) is 18.9 Å². The number of amides is 1. The lowest BCUT2D eigenvalue weighted by Crippen LogP contribution is -2.27. The van der Waals surface area contributed by atoms with Crippen LogP contribution in [0.25, 0.3) is 0 Å². The quantitative estimate of drug-likeness (QED) is 0.784. The summed E-state index contributed by atoms with van der Waals surface area (Å²) in [6, 6.07) is 9.76.